The van der Waals surface area contributed by atoms with Crippen LogP contribution in [0.4, 0.5) is 23.7 Å². The Kier molecular flexibility index (Phi) is 6.67. The van der Waals surface area contributed by atoms with Gasteiger partial charge in [0.25, 0.3) is 0 Å². The maximum Gasteiger partial charge on any atom is 0.418 e. The van der Waals surface area contributed by atoms with Gasteiger partial charge >= 0.3 is 12.2 Å². The van der Waals surface area contributed by atoms with Crippen molar-refractivity contribution in [3.63, 3.8) is 0 Å². The van der Waals surface area contributed by atoms with Gasteiger partial charge in [-0.05, 0) is 37.6 Å². The Morgan fingerprint density at radius 1 is 1.27 bits per heavy atom. The lowest BCUT2D eigenvalue weighted by molar-refractivity contribution is -0.136. The number of carbonyl (C=O) groups excluding carboxylic acids is 1. The van der Waals surface area contributed by atoms with Crippen molar-refractivity contribution in [3.8, 4) is 5.69 Å². The molecular weight excluding hydrogens is 399 g/mol. The van der Waals surface area contributed by atoms with Crippen molar-refractivity contribution >= 4 is 11.7 Å². The molecule has 0 radical (unpaired) electrons. The molecule has 1 atom stereocenters. The molecule has 1 unspecified atom stereocenters. The van der Waals surface area contributed by atoms with Gasteiger partial charge in [-0.25, -0.2) is 9.48 Å². The van der Waals surface area contributed by atoms with Gasteiger partial charge in [0, 0.05) is 37.6 Å². The number of amides is 2. The summed E-state index contributed by atoms with van der Waals surface area (Å²) < 4.78 is 47.4. The van der Waals surface area contributed by atoms with Gasteiger partial charge in [-0.1, -0.05) is 6.92 Å². The molecule has 1 aromatic heterocycles. The van der Waals surface area contributed by atoms with Crippen LogP contribution in [0, 0.1) is 0 Å². The van der Waals surface area contributed by atoms with Gasteiger partial charge in [0.05, 0.1) is 30.2 Å². The fourth-order valence-corrected chi connectivity index (χ4v) is 3.44. The van der Waals surface area contributed by atoms with Crippen LogP contribution in [0.15, 0.2) is 36.7 Å². The van der Waals surface area contributed by atoms with Gasteiger partial charge in [-0.3, -0.25) is 4.90 Å². The third-order valence-corrected chi connectivity index (χ3v) is 5.49. The average Bonchev–Trinajstić information content (AvgIpc) is 3.27. The van der Waals surface area contributed by atoms with Gasteiger partial charge < -0.3 is 15.4 Å². The molecule has 2 aromatic rings. The monoisotopic (exact) mass is 425 g/mol. The second-order valence-corrected chi connectivity index (χ2v) is 7.44. The standard InChI is InChI=1S/C20H26F3N5O2/c1-3-19(2,27-9-11-30-12-10-27)14-24-18(29)26-17-6-5-15(28-8-4-7-25-28)13-16(17)20(21,22)23/h4-8,13H,3,9-12,14H2,1-2H3,(H2,24,26,29). The number of urea groups is 1. The zero-order valence-electron chi connectivity index (χ0n) is 17.0. The molecule has 2 N–H and O–H groups in total. The predicted octanol–water partition coefficient (Wildman–Crippen LogP) is 3.51. The molecule has 0 spiro atoms. The number of ether oxygens (including phenoxy) is 1. The highest BCUT2D eigenvalue weighted by Crippen LogP contribution is 2.36. The van der Waals surface area contributed by atoms with E-state index in [1.807, 2.05) is 13.8 Å². The van der Waals surface area contributed by atoms with Crippen LogP contribution in [0.2, 0.25) is 0 Å². The highest BCUT2D eigenvalue weighted by Gasteiger charge is 2.35. The molecule has 0 bridgehead atoms. The van der Waals surface area contributed by atoms with Gasteiger partial charge in [-0.2, -0.15) is 18.3 Å². The molecule has 1 fully saturated rings. The van der Waals surface area contributed by atoms with Crippen LogP contribution >= 0.6 is 0 Å². The number of anilines is 1. The summed E-state index contributed by atoms with van der Waals surface area (Å²) in [5.41, 5.74) is -1.29. The first-order valence-electron chi connectivity index (χ1n) is 9.82. The molecule has 0 aliphatic carbocycles. The maximum absolute atomic E-state index is 13.6. The summed E-state index contributed by atoms with van der Waals surface area (Å²) in [5.74, 6) is 0. The van der Waals surface area contributed by atoms with Crippen molar-refractivity contribution in [2.45, 2.75) is 32.0 Å². The van der Waals surface area contributed by atoms with Crippen molar-refractivity contribution < 1.29 is 22.7 Å². The zero-order chi connectivity index (χ0) is 21.8. The fraction of sp³-hybridized carbons (Fsp3) is 0.500. The summed E-state index contributed by atoms with van der Waals surface area (Å²) in [6.07, 6.45) is -0.824. The Balaban J connectivity index is 1.71. The number of hydrogen-bond acceptors (Lipinski definition) is 4. The smallest absolute Gasteiger partial charge is 0.379 e. The summed E-state index contributed by atoms with van der Waals surface area (Å²) in [6, 6.07) is 4.61. The first-order chi connectivity index (χ1) is 14.2. The van der Waals surface area contributed by atoms with Crippen molar-refractivity contribution in [1.29, 1.82) is 0 Å². The first kappa shape index (κ1) is 22.1. The molecule has 0 saturated carbocycles. The third kappa shape index (κ3) is 5.11. The van der Waals surface area contributed by atoms with Gasteiger partial charge in [-0.15, -0.1) is 0 Å². The van der Waals surface area contributed by atoms with Gasteiger partial charge in [0.2, 0.25) is 0 Å². The number of alkyl halides is 3. The second kappa shape index (κ2) is 9.05. The van der Waals surface area contributed by atoms with Crippen molar-refractivity contribution in [2.75, 3.05) is 38.2 Å². The van der Waals surface area contributed by atoms with E-state index in [2.05, 4.69) is 20.6 Å². The molecule has 1 aromatic carbocycles. The molecule has 1 aliphatic rings. The van der Waals surface area contributed by atoms with Crippen molar-refractivity contribution in [1.82, 2.24) is 20.0 Å². The van der Waals surface area contributed by atoms with Gasteiger partial charge in [0.15, 0.2) is 0 Å². The lowest BCUT2D eigenvalue weighted by atomic mass is 9.95. The van der Waals surface area contributed by atoms with E-state index in [1.165, 1.54) is 23.0 Å². The van der Waals surface area contributed by atoms with Crippen LogP contribution in [0.1, 0.15) is 25.8 Å². The average molecular weight is 425 g/mol. The Morgan fingerprint density at radius 2 is 2.00 bits per heavy atom. The number of carbonyl (C=O) groups is 1. The van der Waals surface area contributed by atoms with E-state index in [0.29, 0.717) is 19.8 Å². The number of aromatic nitrogens is 2. The first-order valence-corrected chi connectivity index (χ1v) is 9.82. The van der Waals surface area contributed by atoms with E-state index in [-0.39, 0.29) is 16.9 Å². The molecule has 30 heavy (non-hydrogen) atoms. The van der Waals surface area contributed by atoms with E-state index in [9.17, 15) is 18.0 Å². The third-order valence-electron chi connectivity index (χ3n) is 5.49. The molecule has 1 aliphatic heterocycles. The normalized spacial score (nSPS) is 17.4. The molecule has 7 nitrogen and oxygen atoms in total. The molecule has 164 valence electrons. The minimum atomic E-state index is -4.63. The van der Waals surface area contributed by atoms with Gasteiger partial charge in [0.1, 0.15) is 0 Å². The van der Waals surface area contributed by atoms with Crippen LogP contribution in [0.3, 0.4) is 0 Å². The summed E-state index contributed by atoms with van der Waals surface area (Å²) in [7, 11) is 0. The zero-order valence-corrected chi connectivity index (χ0v) is 17.0. The fourth-order valence-electron chi connectivity index (χ4n) is 3.44. The highest BCUT2D eigenvalue weighted by molar-refractivity contribution is 5.90. The minimum Gasteiger partial charge on any atom is -0.379 e. The van der Waals surface area contributed by atoms with Crippen LogP contribution in [0.5, 0.6) is 0 Å². The van der Waals surface area contributed by atoms with Crippen LogP contribution in [-0.4, -0.2) is 59.1 Å². The lowest BCUT2D eigenvalue weighted by Gasteiger charge is -2.43. The van der Waals surface area contributed by atoms with E-state index in [0.717, 1.165) is 25.6 Å². The largest absolute Gasteiger partial charge is 0.418 e. The molecule has 10 heteroatoms. The highest BCUT2D eigenvalue weighted by atomic mass is 19.4. The summed E-state index contributed by atoms with van der Waals surface area (Å²) in [5, 5.41) is 9.02. The Hall–Kier alpha value is -2.59. The van der Waals surface area contributed by atoms with E-state index in [1.54, 1.807) is 12.3 Å². The molecular formula is C20H26F3N5O2. The second-order valence-electron chi connectivity index (χ2n) is 7.44. The summed E-state index contributed by atoms with van der Waals surface area (Å²) >= 11 is 0. The quantitative estimate of drug-likeness (QED) is 0.743. The number of rotatable bonds is 6. The summed E-state index contributed by atoms with van der Waals surface area (Å²) in [6.45, 7) is 7.10. The molecule has 1 saturated heterocycles. The number of halogens is 3. The number of morpholine rings is 1. The number of nitrogens with one attached hydrogen (secondary N) is 2. The van der Waals surface area contributed by atoms with Crippen LogP contribution < -0.4 is 10.6 Å². The van der Waals surface area contributed by atoms with E-state index < -0.39 is 17.8 Å². The Labute approximate surface area is 173 Å². The van der Waals surface area contributed by atoms with E-state index >= 15 is 0 Å². The summed E-state index contributed by atoms with van der Waals surface area (Å²) in [4.78, 5) is 14.6. The number of nitrogens with zero attached hydrogens (tertiary/aromatic N) is 3. The number of benzene rings is 1. The Morgan fingerprint density at radius 3 is 2.60 bits per heavy atom. The molecule has 2 heterocycles. The molecule has 2 amide bonds. The maximum atomic E-state index is 13.6. The predicted molar refractivity (Wildman–Crippen MR) is 107 cm³/mol. The van der Waals surface area contributed by atoms with Crippen molar-refractivity contribution in [3.05, 3.63) is 42.2 Å². The SMILES string of the molecule is CCC(C)(CNC(=O)Nc1ccc(-n2cccn2)cc1C(F)(F)F)N1CCOCC1. The van der Waals surface area contributed by atoms with Crippen molar-refractivity contribution in [2.24, 2.45) is 0 Å². The van der Waals surface area contributed by atoms with E-state index in [4.69, 9.17) is 4.74 Å². The topological polar surface area (TPSA) is 71.4 Å². The number of hydrogen-bond donors (Lipinski definition) is 2. The Bertz CT molecular complexity index is 851. The minimum absolute atomic E-state index is 0.254. The molecule has 3 rings (SSSR count). The van der Waals surface area contributed by atoms with Crippen LogP contribution in [-0.2, 0) is 10.9 Å². The van der Waals surface area contributed by atoms with Crippen LogP contribution in [0.25, 0.3) is 5.69 Å². The lowest BCUT2D eigenvalue weighted by Crippen LogP contribution is -2.57.